The second-order valence-corrected chi connectivity index (χ2v) is 8.91. The van der Waals surface area contributed by atoms with Crippen molar-refractivity contribution in [3.8, 4) is 0 Å². The third kappa shape index (κ3) is 4.84. The summed E-state index contributed by atoms with van der Waals surface area (Å²) in [5.41, 5.74) is 1.11. The van der Waals surface area contributed by atoms with Crippen molar-refractivity contribution in [3.63, 3.8) is 0 Å². The Bertz CT molecular complexity index is 944. The van der Waals surface area contributed by atoms with Crippen molar-refractivity contribution in [2.75, 3.05) is 26.2 Å². The summed E-state index contributed by atoms with van der Waals surface area (Å²) in [5, 5.41) is 12.5. The standard InChI is InChI=1S/C22H29ClN6O2/c1-15-25-26-21(29(15)14-17-5-7-19(23)8-6-17)20-4-3-10-28(20)22(31)24-12-18-9-11-27(13-18)16(2)30/h5-8,18,20H,3-4,9-14H2,1-2H3,(H,24,31)/t18?,20-/m1/s1. The van der Waals surface area contributed by atoms with Crippen molar-refractivity contribution in [2.45, 2.75) is 45.7 Å². The summed E-state index contributed by atoms with van der Waals surface area (Å²) >= 11 is 6.01. The molecule has 2 aromatic rings. The topological polar surface area (TPSA) is 83.4 Å². The van der Waals surface area contributed by atoms with E-state index in [2.05, 4.69) is 20.1 Å². The van der Waals surface area contributed by atoms with Crippen LogP contribution in [-0.2, 0) is 11.3 Å². The normalized spacial score (nSPS) is 21.0. The van der Waals surface area contributed by atoms with Gasteiger partial charge in [-0.2, -0.15) is 0 Å². The summed E-state index contributed by atoms with van der Waals surface area (Å²) in [4.78, 5) is 28.2. The van der Waals surface area contributed by atoms with Crippen molar-refractivity contribution in [3.05, 3.63) is 46.5 Å². The van der Waals surface area contributed by atoms with E-state index in [1.165, 1.54) is 0 Å². The lowest BCUT2D eigenvalue weighted by Gasteiger charge is -2.26. The molecule has 3 amide bonds. The summed E-state index contributed by atoms with van der Waals surface area (Å²) < 4.78 is 2.08. The Morgan fingerprint density at radius 1 is 1.16 bits per heavy atom. The first-order valence-electron chi connectivity index (χ1n) is 10.9. The summed E-state index contributed by atoms with van der Waals surface area (Å²) in [6.07, 6.45) is 2.73. The highest BCUT2D eigenvalue weighted by Crippen LogP contribution is 2.31. The highest BCUT2D eigenvalue weighted by Gasteiger charge is 2.34. The number of aryl methyl sites for hydroxylation is 1. The fraction of sp³-hybridized carbons (Fsp3) is 0.545. The number of aromatic nitrogens is 3. The molecular weight excluding hydrogens is 416 g/mol. The van der Waals surface area contributed by atoms with E-state index in [0.717, 1.165) is 43.0 Å². The van der Waals surface area contributed by atoms with Gasteiger partial charge in [-0.05, 0) is 49.8 Å². The molecule has 2 atom stereocenters. The second-order valence-electron chi connectivity index (χ2n) is 8.48. The summed E-state index contributed by atoms with van der Waals surface area (Å²) in [6, 6.07) is 7.59. The molecule has 1 aromatic carbocycles. The van der Waals surface area contributed by atoms with Gasteiger partial charge in [-0.3, -0.25) is 4.79 Å². The van der Waals surface area contributed by atoms with Crippen LogP contribution in [0.2, 0.25) is 5.02 Å². The van der Waals surface area contributed by atoms with Crippen molar-refractivity contribution in [1.29, 1.82) is 0 Å². The fourth-order valence-corrected chi connectivity index (χ4v) is 4.63. The van der Waals surface area contributed by atoms with Gasteiger partial charge in [0.15, 0.2) is 5.82 Å². The van der Waals surface area contributed by atoms with Crippen LogP contribution in [0.15, 0.2) is 24.3 Å². The van der Waals surface area contributed by atoms with Gasteiger partial charge in [-0.15, -0.1) is 10.2 Å². The Labute approximate surface area is 187 Å². The van der Waals surface area contributed by atoms with Gasteiger partial charge in [0, 0.05) is 38.1 Å². The van der Waals surface area contributed by atoms with Crippen LogP contribution in [0.5, 0.6) is 0 Å². The quantitative estimate of drug-likeness (QED) is 0.768. The van der Waals surface area contributed by atoms with Crippen LogP contribution in [-0.4, -0.2) is 62.7 Å². The molecule has 0 aliphatic carbocycles. The number of hydrogen-bond donors (Lipinski definition) is 1. The van der Waals surface area contributed by atoms with E-state index < -0.39 is 0 Å². The minimum Gasteiger partial charge on any atom is -0.343 e. The van der Waals surface area contributed by atoms with Crippen LogP contribution in [0.25, 0.3) is 0 Å². The Morgan fingerprint density at radius 3 is 2.65 bits per heavy atom. The van der Waals surface area contributed by atoms with Gasteiger partial charge in [0.25, 0.3) is 0 Å². The molecule has 9 heteroatoms. The van der Waals surface area contributed by atoms with Crippen LogP contribution >= 0.6 is 11.6 Å². The predicted molar refractivity (Wildman–Crippen MR) is 118 cm³/mol. The Morgan fingerprint density at radius 2 is 1.94 bits per heavy atom. The molecule has 8 nitrogen and oxygen atoms in total. The number of amides is 3. The molecular formula is C22H29ClN6O2. The van der Waals surface area contributed by atoms with E-state index in [1.807, 2.05) is 41.0 Å². The molecule has 2 aliphatic heterocycles. The molecule has 3 heterocycles. The number of halogens is 1. The molecule has 0 saturated carbocycles. The van der Waals surface area contributed by atoms with E-state index in [9.17, 15) is 9.59 Å². The number of urea groups is 1. The summed E-state index contributed by atoms with van der Waals surface area (Å²) in [6.45, 7) is 6.95. The monoisotopic (exact) mass is 444 g/mol. The first-order valence-corrected chi connectivity index (χ1v) is 11.2. The van der Waals surface area contributed by atoms with Crippen molar-refractivity contribution in [2.24, 2.45) is 5.92 Å². The van der Waals surface area contributed by atoms with Gasteiger partial charge >= 0.3 is 6.03 Å². The molecule has 2 saturated heterocycles. The molecule has 1 N–H and O–H groups in total. The predicted octanol–water partition coefficient (Wildman–Crippen LogP) is 3.00. The third-order valence-corrected chi connectivity index (χ3v) is 6.56. The zero-order chi connectivity index (χ0) is 22.0. The largest absolute Gasteiger partial charge is 0.343 e. The molecule has 1 unspecified atom stereocenters. The molecule has 31 heavy (non-hydrogen) atoms. The SMILES string of the molecule is CC(=O)N1CCC(CNC(=O)N2CCC[C@@H]2c2nnc(C)n2Cc2ccc(Cl)cc2)C1. The average Bonchev–Trinajstić information content (AvgIpc) is 3.48. The highest BCUT2D eigenvalue weighted by atomic mass is 35.5. The third-order valence-electron chi connectivity index (χ3n) is 6.30. The number of carbonyl (C=O) groups is 2. The first kappa shape index (κ1) is 21.6. The van der Waals surface area contributed by atoms with Gasteiger partial charge < -0.3 is 19.7 Å². The smallest absolute Gasteiger partial charge is 0.318 e. The number of benzene rings is 1. The summed E-state index contributed by atoms with van der Waals surface area (Å²) in [7, 11) is 0. The molecule has 2 aliphatic rings. The van der Waals surface area contributed by atoms with Gasteiger partial charge in [0.1, 0.15) is 5.82 Å². The number of carbonyl (C=O) groups excluding carboxylic acids is 2. The van der Waals surface area contributed by atoms with Gasteiger partial charge in [0.2, 0.25) is 5.91 Å². The molecule has 1 aromatic heterocycles. The lowest BCUT2D eigenvalue weighted by atomic mass is 10.1. The zero-order valence-electron chi connectivity index (χ0n) is 18.1. The Hall–Kier alpha value is -2.61. The number of likely N-dealkylation sites (tertiary alicyclic amines) is 2. The Kier molecular flexibility index (Phi) is 6.46. The molecule has 4 rings (SSSR count). The second kappa shape index (κ2) is 9.26. The van der Waals surface area contributed by atoms with E-state index in [-0.39, 0.29) is 18.0 Å². The number of hydrogen-bond acceptors (Lipinski definition) is 4. The maximum Gasteiger partial charge on any atom is 0.318 e. The molecule has 2 fully saturated rings. The van der Waals surface area contributed by atoms with Crippen molar-refractivity contribution < 1.29 is 9.59 Å². The molecule has 0 radical (unpaired) electrons. The Balaban J connectivity index is 1.42. The van der Waals surface area contributed by atoms with Gasteiger partial charge in [0.05, 0.1) is 12.6 Å². The van der Waals surface area contributed by atoms with E-state index >= 15 is 0 Å². The van der Waals surface area contributed by atoms with Crippen molar-refractivity contribution >= 4 is 23.5 Å². The average molecular weight is 445 g/mol. The number of nitrogens with one attached hydrogen (secondary N) is 1. The van der Waals surface area contributed by atoms with Crippen LogP contribution in [0, 0.1) is 12.8 Å². The first-order chi connectivity index (χ1) is 14.9. The lowest BCUT2D eigenvalue weighted by molar-refractivity contribution is -0.127. The van der Waals surface area contributed by atoms with E-state index in [0.29, 0.717) is 37.1 Å². The van der Waals surface area contributed by atoms with Crippen LogP contribution in [0.4, 0.5) is 4.79 Å². The van der Waals surface area contributed by atoms with E-state index in [1.54, 1.807) is 6.92 Å². The molecule has 0 spiro atoms. The molecule has 0 bridgehead atoms. The van der Waals surface area contributed by atoms with Crippen molar-refractivity contribution in [1.82, 2.24) is 29.9 Å². The maximum atomic E-state index is 13.0. The fourth-order valence-electron chi connectivity index (χ4n) is 4.51. The molecule has 166 valence electrons. The zero-order valence-corrected chi connectivity index (χ0v) is 18.8. The van der Waals surface area contributed by atoms with Crippen LogP contribution < -0.4 is 5.32 Å². The minimum atomic E-state index is -0.0919. The maximum absolute atomic E-state index is 13.0. The minimum absolute atomic E-state index is 0.0672. The number of rotatable bonds is 5. The van der Waals surface area contributed by atoms with Crippen LogP contribution in [0.1, 0.15) is 49.4 Å². The summed E-state index contributed by atoms with van der Waals surface area (Å²) in [5.74, 6) is 2.06. The number of nitrogens with zero attached hydrogens (tertiary/aromatic N) is 5. The van der Waals surface area contributed by atoms with E-state index in [4.69, 9.17) is 11.6 Å². The highest BCUT2D eigenvalue weighted by molar-refractivity contribution is 6.30. The van der Waals surface area contributed by atoms with Gasteiger partial charge in [-0.1, -0.05) is 23.7 Å². The lowest BCUT2D eigenvalue weighted by Crippen LogP contribution is -2.42. The van der Waals surface area contributed by atoms with Gasteiger partial charge in [-0.25, -0.2) is 4.79 Å². The van der Waals surface area contributed by atoms with Crippen LogP contribution in [0.3, 0.4) is 0 Å².